The molecular weight excluding hydrogens is 244 g/mol. The van der Waals surface area contributed by atoms with Gasteiger partial charge >= 0.3 is 0 Å². The van der Waals surface area contributed by atoms with Crippen LogP contribution in [-0.2, 0) is 6.42 Å². The molecule has 1 aromatic carbocycles. The standard InChI is InChI=1S/C19H32O/c1-3-4-5-6-7-8-9-10-11-12-13-18-16-17(2)14-15-19(18)20/h14-16,20H,3-13H2,1-2H3. The first-order valence-corrected chi connectivity index (χ1v) is 8.52. The summed E-state index contributed by atoms with van der Waals surface area (Å²) in [6.45, 7) is 4.35. The van der Waals surface area contributed by atoms with Gasteiger partial charge in [0.2, 0.25) is 0 Å². The maximum absolute atomic E-state index is 9.78. The van der Waals surface area contributed by atoms with Crippen LogP contribution >= 0.6 is 0 Å². The molecule has 1 aromatic rings. The second-order valence-corrected chi connectivity index (χ2v) is 6.06. The van der Waals surface area contributed by atoms with Crippen molar-refractivity contribution in [1.82, 2.24) is 0 Å². The summed E-state index contributed by atoms with van der Waals surface area (Å²) in [6.07, 6.45) is 14.6. The highest BCUT2D eigenvalue weighted by molar-refractivity contribution is 5.35. The molecule has 0 atom stereocenters. The number of hydrogen-bond acceptors (Lipinski definition) is 1. The van der Waals surface area contributed by atoms with E-state index in [0.29, 0.717) is 5.75 Å². The van der Waals surface area contributed by atoms with Crippen molar-refractivity contribution in [3.63, 3.8) is 0 Å². The van der Waals surface area contributed by atoms with Crippen LogP contribution in [0.5, 0.6) is 5.75 Å². The van der Waals surface area contributed by atoms with Crippen molar-refractivity contribution in [3.05, 3.63) is 29.3 Å². The van der Waals surface area contributed by atoms with E-state index >= 15 is 0 Å². The molecule has 0 aliphatic rings. The maximum atomic E-state index is 9.78. The van der Waals surface area contributed by atoms with Gasteiger partial charge in [0.25, 0.3) is 0 Å². The van der Waals surface area contributed by atoms with E-state index in [0.717, 1.165) is 12.0 Å². The lowest BCUT2D eigenvalue weighted by molar-refractivity contribution is 0.465. The average Bonchev–Trinajstić information content (AvgIpc) is 2.44. The lowest BCUT2D eigenvalue weighted by atomic mass is 10.0. The van der Waals surface area contributed by atoms with E-state index in [1.807, 2.05) is 12.1 Å². The zero-order valence-corrected chi connectivity index (χ0v) is 13.5. The summed E-state index contributed by atoms with van der Waals surface area (Å²) in [5.74, 6) is 0.464. The van der Waals surface area contributed by atoms with Gasteiger partial charge in [-0.25, -0.2) is 0 Å². The molecule has 0 aliphatic heterocycles. The molecule has 0 fully saturated rings. The van der Waals surface area contributed by atoms with Crippen molar-refractivity contribution in [2.24, 2.45) is 0 Å². The Hall–Kier alpha value is -0.980. The van der Waals surface area contributed by atoms with Crippen molar-refractivity contribution < 1.29 is 5.11 Å². The van der Waals surface area contributed by atoms with Gasteiger partial charge in [0, 0.05) is 0 Å². The van der Waals surface area contributed by atoms with E-state index < -0.39 is 0 Å². The number of benzene rings is 1. The smallest absolute Gasteiger partial charge is 0.118 e. The van der Waals surface area contributed by atoms with Gasteiger partial charge in [-0.05, 0) is 31.4 Å². The van der Waals surface area contributed by atoms with Gasteiger partial charge in [-0.15, -0.1) is 0 Å². The fourth-order valence-corrected chi connectivity index (χ4v) is 2.72. The van der Waals surface area contributed by atoms with Crippen LogP contribution in [0.3, 0.4) is 0 Å². The van der Waals surface area contributed by atoms with Crippen LogP contribution < -0.4 is 0 Å². The summed E-state index contributed by atoms with van der Waals surface area (Å²) in [7, 11) is 0. The van der Waals surface area contributed by atoms with Crippen LogP contribution in [0.4, 0.5) is 0 Å². The first-order valence-electron chi connectivity index (χ1n) is 8.52. The molecule has 1 N–H and O–H groups in total. The summed E-state index contributed by atoms with van der Waals surface area (Å²) in [5, 5.41) is 9.78. The minimum atomic E-state index is 0.464. The number of unbranched alkanes of at least 4 members (excludes halogenated alkanes) is 9. The summed E-state index contributed by atoms with van der Waals surface area (Å²) in [4.78, 5) is 0. The van der Waals surface area contributed by atoms with E-state index in [-0.39, 0.29) is 0 Å². The Kier molecular flexibility index (Phi) is 9.19. The Balaban J connectivity index is 1.98. The van der Waals surface area contributed by atoms with E-state index in [4.69, 9.17) is 0 Å². The zero-order chi connectivity index (χ0) is 14.6. The molecule has 0 heterocycles. The van der Waals surface area contributed by atoms with E-state index in [2.05, 4.69) is 19.9 Å². The Morgan fingerprint density at radius 3 is 1.95 bits per heavy atom. The molecule has 1 nitrogen and oxygen atoms in total. The minimum absolute atomic E-state index is 0.464. The van der Waals surface area contributed by atoms with Gasteiger partial charge in [0.1, 0.15) is 5.75 Å². The number of rotatable bonds is 11. The lowest BCUT2D eigenvalue weighted by Crippen LogP contribution is -1.88. The maximum Gasteiger partial charge on any atom is 0.118 e. The Labute approximate surface area is 125 Å². The highest BCUT2D eigenvalue weighted by atomic mass is 16.3. The molecule has 20 heavy (non-hydrogen) atoms. The number of aromatic hydroxyl groups is 1. The van der Waals surface area contributed by atoms with Crippen LogP contribution in [0, 0.1) is 6.92 Å². The highest BCUT2D eigenvalue weighted by Gasteiger charge is 2.01. The van der Waals surface area contributed by atoms with E-state index in [9.17, 15) is 5.11 Å². The van der Waals surface area contributed by atoms with Crippen LogP contribution in [-0.4, -0.2) is 5.11 Å². The predicted octanol–water partition coefficient (Wildman–Crippen LogP) is 6.16. The van der Waals surface area contributed by atoms with Crippen LogP contribution in [0.1, 0.15) is 82.3 Å². The summed E-state index contributed by atoms with van der Waals surface area (Å²) in [5.41, 5.74) is 2.36. The summed E-state index contributed by atoms with van der Waals surface area (Å²) in [6, 6.07) is 5.90. The van der Waals surface area contributed by atoms with Crippen LogP contribution in [0.25, 0.3) is 0 Å². The molecule has 0 bridgehead atoms. The Morgan fingerprint density at radius 2 is 1.35 bits per heavy atom. The molecular formula is C19H32O. The number of hydrogen-bond donors (Lipinski definition) is 1. The molecule has 0 spiro atoms. The van der Waals surface area contributed by atoms with Gasteiger partial charge in [0.15, 0.2) is 0 Å². The largest absolute Gasteiger partial charge is 0.508 e. The molecule has 0 aromatic heterocycles. The monoisotopic (exact) mass is 276 g/mol. The zero-order valence-electron chi connectivity index (χ0n) is 13.5. The van der Waals surface area contributed by atoms with Crippen LogP contribution in [0.2, 0.25) is 0 Å². The van der Waals surface area contributed by atoms with Gasteiger partial charge < -0.3 is 5.11 Å². The molecule has 0 unspecified atom stereocenters. The van der Waals surface area contributed by atoms with Crippen molar-refractivity contribution >= 4 is 0 Å². The fraction of sp³-hybridized carbons (Fsp3) is 0.684. The van der Waals surface area contributed by atoms with Crippen molar-refractivity contribution in [3.8, 4) is 5.75 Å². The quantitative estimate of drug-likeness (QED) is 0.479. The Bertz CT molecular complexity index is 357. The molecule has 0 saturated heterocycles. The third kappa shape index (κ3) is 7.57. The summed E-state index contributed by atoms with van der Waals surface area (Å²) >= 11 is 0. The highest BCUT2D eigenvalue weighted by Crippen LogP contribution is 2.21. The second kappa shape index (κ2) is 10.8. The molecule has 0 aliphatic carbocycles. The first-order chi connectivity index (χ1) is 9.74. The molecule has 1 rings (SSSR count). The van der Waals surface area contributed by atoms with Gasteiger partial charge in [-0.2, -0.15) is 0 Å². The van der Waals surface area contributed by atoms with Crippen molar-refractivity contribution in [2.45, 2.75) is 84.5 Å². The minimum Gasteiger partial charge on any atom is -0.508 e. The lowest BCUT2D eigenvalue weighted by Gasteiger charge is -2.06. The van der Waals surface area contributed by atoms with Crippen molar-refractivity contribution in [1.29, 1.82) is 0 Å². The number of phenolic OH excluding ortho intramolecular Hbond substituents is 1. The number of phenols is 1. The topological polar surface area (TPSA) is 20.2 Å². The van der Waals surface area contributed by atoms with Gasteiger partial charge in [0.05, 0.1) is 0 Å². The van der Waals surface area contributed by atoms with Crippen LogP contribution in [0.15, 0.2) is 18.2 Å². The SMILES string of the molecule is CCCCCCCCCCCCc1cc(C)ccc1O. The first kappa shape index (κ1) is 17.1. The predicted molar refractivity (Wildman–Crippen MR) is 88.4 cm³/mol. The normalized spacial score (nSPS) is 10.9. The third-order valence-electron chi connectivity index (χ3n) is 4.03. The van der Waals surface area contributed by atoms with Gasteiger partial charge in [-0.1, -0.05) is 82.4 Å². The van der Waals surface area contributed by atoms with Crippen molar-refractivity contribution in [2.75, 3.05) is 0 Å². The summed E-state index contributed by atoms with van der Waals surface area (Å²) < 4.78 is 0. The molecule has 0 radical (unpaired) electrons. The van der Waals surface area contributed by atoms with E-state index in [1.54, 1.807) is 0 Å². The molecule has 1 heteroatoms. The average molecular weight is 276 g/mol. The van der Waals surface area contributed by atoms with Gasteiger partial charge in [-0.3, -0.25) is 0 Å². The molecule has 0 saturated carbocycles. The van der Waals surface area contributed by atoms with E-state index in [1.165, 1.54) is 69.8 Å². The third-order valence-corrected chi connectivity index (χ3v) is 4.03. The second-order valence-electron chi connectivity index (χ2n) is 6.06. The molecule has 114 valence electrons. The fourth-order valence-electron chi connectivity index (χ4n) is 2.72. The Morgan fingerprint density at radius 1 is 0.800 bits per heavy atom. The molecule has 0 amide bonds. The number of aryl methyl sites for hydroxylation is 2.